The van der Waals surface area contributed by atoms with Gasteiger partial charge in [-0.25, -0.2) is 9.18 Å². The van der Waals surface area contributed by atoms with Crippen LogP contribution >= 0.6 is 0 Å². The first-order valence-electron chi connectivity index (χ1n) is 6.64. The molecule has 102 valence electrons. The highest BCUT2D eigenvalue weighted by atomic mass is 19.1. The summed E-state index contributed by atoms with van der Waals surface area (Å²) < 4.78 is 13.5. The van der Waals surface area contributed by atoms with Crippen LogP contribution in [0.5, 0.6) is 0 Å². The van der Waals surface area contributed by atoms with Gasteiger partial charge in [0.2, 0.25) is 0 Å². The van der Waals surface area contributed by atoms with Crippen LogP contribution in [0.25, 0.3) is 0 Å². The molecule has 2 N–H and O–H groups in total. The van der Waals surface area contributed by atoms with Crippen LogP contribution in [-0.4, -0.2) is 6.03 Å². The third kappa shape index (κ3) is 2.50. The molecule has 0 aliphatic heterocycles. The number of hydrogen-bond donors (Lipinski definition) is 2. The largest absolute Gasteiger partial charge is 0.331 e. The minimum atomic E-state index is -0.436. The molecular formula is C16H15FN2O. The number of nitrogens with one attached hydrogen (secondary N) is 2. The van der Waals surface area contributed by atoms with E-state index in [4.69, 9.17) is 0 Å². The van der Waals surface area contributed by atoms with Crippen molar-refractivity contribution in [3.8, 4) is 0 Å². The molecule has 0 radical (unpaired) electrons. The number of carbonyl (C=O) groups is 1. The summed E-state index contributed by atoms with van der Waals surface area (Å²) in [5.74, 6) is -0.436. The van der Waals surface area contributed by atoms with Crippen LogP contribution in [-0.2, 0) is 6.42 Å². The van der Waals surface area contributed by atoms with Gasteiger partial charge in [0.15, 0.2) is 0 Å². The molecular weight excluding hydrogens is 255 g/mol. The number of rotatable bonds is 2. The highest BCUT2D eigenvalue weighted by molar-refractivity contribution is 5.89. The molecule has 0 spiro atoms. The van der Waals surface area contributed by atoms with Gasteiger partial charge in [0.25, 0.3) is 0 Å². The fraction of sp³-hybridized carbons (Fsp3) is 0.188. The summed E-state index contributed by atoms with van der Waals surface area (Å²) in [6, 6.07) is 13.8. The van der Waals surface area contributed by atoms with E-state index >= 15 is 0 Å². The Bertz CT molecular complexity index is 642. The van der Waals surface area contributed by atoms with Crippen molar-refractivity contribution in [2.24, 2.45) is 0 Å². The fourth-order valence-corrected chi connectivity index (χ4v) is 2.59. The smallest absolute Gasteiger partial charge is 0.319 e. The second-order valence-electron chi connectivity index (χ2n) is 4.87. The van der Waals surface area contributed by atoms with Crippen LogP contribution in [0.3, 0.4) is 0 Å². The Hall–Kier alpha value is -2.36. The van der Waals surface area contributed by atoms with Gasteiger partial charge in [0.1, 0.15) is 5.82 Å². The minimum absolute atomic E-state index is 0.00188. The van der Waals surface area contributed by atoms with Gasteiger partial charge in [0.05, 0.1) is 11.7 Å². The molecule has 1 aliphatic rings. The zero-order chi connectivity index (χ0) is 13.9. The first-order chi connectivity index (χ1) is 9.74. The molecule has 0 saturated carbocycles. The van der Waals surface area contributed by atoms with Crippen molar-refractivity contribution < 1.29 is 9.18 Å². The number of anilines is 1. The first-order valence-corrected chi connectivity index (χ1v) is 6.64. The summed E-state index contributed by atoms with van der Waals surface area (Å²) in [6.07, 6.45) is 1.84. The number of carbonyl (C=O) groups excluding carboxylic acids is 1. The van der Waals surface area contributed by atoms with Crippen molar-refractivity contribution >= 4 is 11.7 Å². The molecule has 0 saturated heterocycles. The van der Waals surface area contributed by atoms with E-state index in [0.29, 0.717) is 0 Å². The molecule has 0 heterocycles. The van der Waals surface area contributed by atoms with E-state index in [2.05, 4.69) is 16.7 Å². The lowest BCUT2D eigenvalue weighted by Crippen LogP contribution is -2.31. The van der Waals surface area contributed by atoms with Crippen LogP contribution in [0, 0.1) is 5.82 Å². The number of para-hydroxylation sites is 1. The molecule has 1 aliphatic carbocycles. The van der Waals surface area contributed by atoms with E-state index in [9.17, 15) is 9.18 Å². The SMILES string of the molecule is O=C(Nc1ccccc1F)N[C@@H]1CCc2ccccc21. The summed E-state index contributed by atoms with van der Waals surface area (Å²) in [7, 11) is 0. The monoisotopic (exact) mass is 270 g/mol. The number of fused-ring (bicyclic) bond motifs is 1. The summed E-state index contributed by atoms with van der Waals surface area (Å²) in [4.78, 5) is 11.9. The van der Waals surface area contributed by atoms with Crippen molar-refractivity contribution in [3.63, 3.8) is 0 Å². The van der Waals surface area contributed by atoms with Crippen LogP contribution in [0.15, 0.2) is 48.5 Å². The molecule has 4 heteroatoms. The maximum Gasteiger partial charge on any atom is 0.319 e. The molecule has 0 unspecified atom stereocenters. The summed E-state index contributed by atoms with van der Waals surface area (Å²) in [6.45, 7) is 0. The topological polar surface area (TPSA) is 41.1 Å². The van der Waals surface area contributed by atoms with Crippen LogP contribution in [0.1, 0.15) is 23.6 Å². The van der Waals surface area contributed by atoms with Crippen molar-refractivity contribution in [1.82, 2.24) is 5.32 Å². The Morgan fingerprint density at radius 3 is 2.70 bits per heavy atom. The van der Waals surface area contributed by atoms with E-state index in [1.807, 2.05) is 18.2 Å². The average molecular weight is 270 g/mol. The Labute approximate surface area is 116 Å². The van der Waals surface area contributed by atoms with Crippen molar-refractivity contribution in [3.05, 3.63) is 65.5 Å². The highest BCUT2D eigenvalue weighted by Gasteiger charge is 2.23. The predicted octanol–water partition coefficient (Wildman–Crippen LogP) is 3.63. The Morgan fingerprint density at radius 2 is 1.85 bits per heavy atom. The minimum Gasteiger partial charge on any atom is -0.331 e. The zero-order valence-corrected chi connectivity index (χ0v) is 10.9. The third-order valence-electron chi connectivity index (χ3n) is 3.56. The molecule has 2 amide bonds. The van der Waals surface area contributed by atoms with Gasteiger partial charge in [-0.05, 0) is 36.1 Å². The van der Waals surface area contributed by atoms with Crippen molar-refractivity contribution in [2.45, 2.75) is 18.9 Å². The van der Waals surface area contributed by atoms with E-state index in [-0.39, 0.29) is 17.8 Å². The van der Waals surface area contributed by atoms with Crippen LogP contribution < -0.4 is 10.6 Å². The van der Waals surface area contributed by atoms with Crippen LogP contribution in [0.4, 0.5) is 14.9 Å². The van der Waals surface area contributed by atoms with Gasteiger partial charge in [-0.2, -0.15) is 0 Å². The fourth-order valence-electron chi connectivity index (χ4n) is 2.59. The molecule has 2 aromatic carbocycles. The Kier molecular flexibility index (Phi) is 3.37. The Balaban J connectivity index is 1.68. The molecule has 0 bridgehead atoms. The van der Waals surface area contributed by atoms with E-state index in [1.54, 1.807) is 12.1 Å². The molecule has 3 rings (SSSR count). The second kappa shape index (κ2) is 5.33. The molecule has 0 aromatic heterocycles. The van der Waals surface area contributed by atoms with Gasteiger partial charge < -0.3 is 10.6 Å². The lowest BCUT2D eigenvalue weighted by molar-refractivity contribution is 0.248. The second-order valence-corrected chi connectivity index (χ2v) is 4.87. The number of hydrogen-bond acceptors (Lipinski definition) is 1. The van der Waals surface area contributed by atoms with Crippen molar-refractivity contribution in [2.75, 3.05) is 5.32 Å². The van der Waals surface area contributed by atoms with Gasteiger partial charge >= 0.3 is 6.03 Å². The number of benzene rings is 2. The van der Waals surface area contributed by atoms with E-state index in [1.165, 1.54) is 17.7 Å². The molecule has 3 nitrogen and oxygen atoms in total. The number of amides is 2. The van der Waals surface area contributed by atoms with Crippen LogP contribution in [0.2, 0.25) is 0 Å². The molecule has 20 heavy (non-hydrogen) atoms. The van der Waals surface area contributed by atoms with Gasteiger partial charge in [-0.3, -0.25) is 0 Å². The van der Waals surface area contributed by atoms with Gasteiger partial charge in [-0.1, -0.05) is 36.4 Å². The molecule has 1 atom stereocenters. The number of aryl methyl sites for hydroxylation is 1. The standard InChI is InChI=1S/C16H15FN2O/c17-13-7-3-4-8-15(13)19-16(20)18-14-10-9-11-5-1-2-6-12(11)14/h1-8,14H,9-10H2,(H2,18,19,20)/t14-/m1/s1. The van der Waals surface area contributed by atoms with E-state index in [0.717, 1.165) is 18.4 Å². The average Bonchev–Trinajstić information content (AvgIpc) is 2.85. The zero-order valence-electron chi connectivity index (χ0n) is 10.9. The highest BCUT2D eigenvalue weighted by Crippen LogP contribution is 2.30. The van der Waals surface area contributed by atoms with Crippen molar-refractivity contribution in [1.29, 1.82) is 0 Å². The quantitative estimate of drug-likeness (QED) is 0.859. The first kappa shape index (κ1) is 12.7. The summed E-state index contributed by atoms with van der Waals surface area (Å²) >= 11 is 0. The lowest BCUT2D eigenvalue weighted by Gasteiger charge is -2.15. The predicted molar refractivity (Wildman–Crippen MR) is 76.1 cm³/mol. The van der Waals surface area contributed by atoms with Gasteiger partial charge in [0, 0.05) is 0 Å². The Morgan fingerprint density at radius 1 is 1.10 bits per heavy atom. The van der Waals surface area contributed by atoms with E-state index < -0.39 is 5.82 Å². The molecule has 2 aromatic rings. The molecule has 0 fully saturated rings. The van der Waals surface area contributed by atoms with Gasteiger partial charge in [-0.15, -0.1) is 0 Å². The number of halogens is 1. The maximum absolute atomic E-state index is 13.5. The summed E-state index contributed by atoms with van der Waals surface area (Å²) in [5, 5.41) is 5.44. The third-order valence-corrected chi connectivity index (χ3v) is 3.56. The summed E-state index contributed by atoms with van der Waals surface area (Å²) in [5.41, 5.74) is 2.61. The number of urea groups is 1. The normalized spacial score (nSPS) is 16.6. The maximum atomic E-state index is 13.5. The lowest BCUT2D eigenvalue weighted by atomic mass is 10.1.